The highest BCUT2D eigenvalue weighted by molar-refractivity contribution is 5.78. The Balaban J connectivity index is 1.73. The molecule has 1 amide bonds. The molecule has 0 aliphatic rings. The second-order valence-electron chi connectivity index (χ2n) is 4.78. The highest BCUT2D eigenvalue weighted by Gasteiger charge is 2.06. The summed E-state index contributed by atoms with van der Waals surface area (Å²) in [5, 5.41) is 6.13. The summed E-state index contributed by atoms with van der Waals surface area (Å²) in [6.07, 6.45) is 0. The number of carbonyl (C=O) groups excluding carboxylic acids is 1. The van der Waals surface area contributed by atoms with Gasteiger partial charge in [-0.2, -0.15) is 0 Å². The quantitative estimate of drug-likeness (QED) is 0.845. The van der Waals surface area contributed by atoms with E-state index in [0.717, 1.165) is 5.56 Å². The Kier molecular flexibility index (Phi) is 5.33. The SMILES string of the molecule is C[C@@H](NCC(=O)NCc1ccccc1)c1ccccc1. The lowest BCUT2D eigenvalue weighted by Gasteiger charge is -2.14. The molecule has 0 saturated carbocycles. The average Bonchev–Trinajstić information content (AvgIpc) is 2.52. The van der Waals surface area contributed by atoms with Crippen molar-refractivity contribution in [1.29, 1.82) is 0 Å². The van der Waals surface area contributed by atoms with Crippen molar-refractivity contribution in [2.75, 3.05) is 6.54 Å². The molecule has 0 saturated heterocycles. The fourth-order valence-corrected chi connectivity index (χ4v) is 1.96. The Morgan fingerprint density at radius 1 is 1.00 bits per heavy atom. The first-order valence-corrected chi connectivity index (χ1v) is 6.84. The standard InChI is InChI=1S/C17H20N2O/c1-14(16-10-6-3-7-11-16)18-13-17(20)19-12-15-8-4-2-5-9-15/h2-11,14,18H,12-13H2,1H3,(H,19,20)/t14-/m1/s1. The van der Waals surface area contributed by atoms with E-state index in [1.165, 1.54) is 5.56 Å². The lowest BCUT2D eigenvalue weighted by atomic mass is 10.1. The van der Waals surface area contributed by atoms with Crippen molar-refractivity contribution in [3.8, 4) is 0 Å². The van der Waals surface area contributed by atoms with Crippen molar-refractivity contribution in [2.24, 2.45) is 0 Å². The van der Waals surface area contributed by atoms with Gasteiger partial charge in [-0.25, -0.2) is 0 Å². The highest BCUT2D eigenvalue weighted by atomic mass is 16.1. The second kappa shape index (κ2) is 7.46. The van der Waals surface area contributed by atoms with Gasteiger partial charge in [0.05, 0.1) is 6.54 Å². The first kappa shape index (κ1) is 14.3. The molecule has 3 nitrogen and oxygen atoms in total. The third-order valence-corrected chi connectivity index (χ3v) is 3.20. The Morgan fingerprint density at radius 3 is 2.25 bits per heavy atom. The van der Waals surface area contributed by atoms with Gasteiger partial charge in [-0.3, -0.25) is 4.79 Å². The van der Waals surface area contributed by atoms with Gasteiger partial charge in [0.15, 0.2) is 0 Å². The largest absolute Gasteiger partial charge is 0.351 e. The second-order valence-corrected chi connectivity index (χ2v) is 4.78. The summed E-state index contributed by atoms with van der Waals surface area (Å²) in [7, 11) is 0. The zero-order valence-electron chi connectivity index (χ0n) is 11.7. The van der Waals surface area contributed by atoms with Crippen LogP contribution in [0.1, 0.15) is 24.1 Å². The molecule has 104 valence electrons. The van der Waals surface area contributed by atoms with E-state index in [0.29, 0.717) is 13.1 Å². The zero-order chi connectivity index (χ0) is 14.2. The smallest absolute Gasteiger partial charge is 0.234 e. The van der Waals surface area contributed by atoms with Crippen molar-refractivity contribution in [2.45, 2.75) is 19.5 Å². The topological polar surface area (TPSA) is 41.1 Å². The van der Waals surface area contributed by atoms with E-state index < -0.39 is 0 Å². The molecular weight excluding hydrogens is 248 g/mol. The van der Waals surface area contributed by atoms with Crippen LogP contribution in [0.5, 0.6) is 0 Å². The van der Waals surface area contributed by atoms with Gasteiger partial charge in [0.25, 0.3) is 0 Å². The predicted octanol–water partition coefficient (Wildman–Crippen LogP) is 2.65. The van der Waals surface area contributed by atoms with Gasteiger partial charge in [0.1, 0.15) is 0 Å². The van der Waals surface area contributed by atoms with Gasteiger partial charge in [0.2, 0.25) is 5.91 Å². The van der Waals surface area contributed by atoms with Gasteiger partial charge in [-0.15, -0.1) is 0 Å². The van der Waals surface area contributed by atoms with Crippen molar-refractivity contribution in [1.82, 2.24) is 10.6 Å². The van der Waals surface area contributed by atoms with E-state index >= 15 is 0 Å². The van der Waals surface area contributed by atoms with Crippen LogP contribution in [0.25, 0.3) is 0 Å². The number of carbonyl (C=O) groups is 1. The number of rotatable bonds is 6. The molecule has 0 aliphatic carbocycles. The van der Waals surface area contributed by atoms with E-state index in [1.807, 2.05) is 48.5 Å². The summed E-state index contributed by atoms with van der Waals surface area (Å²) in [5.74, 6) is 0.0108. The fraction of sp³-hybridized carbons (Fsp3) is 0.235. The molecule has 0 unspecified atom stereocenters. The van der Waals surface area contributed by atoms with Gasteiger partial charge in [-0.05, 0) is 18.1 Å². The Bertz CT molecular complexity index is 525. The molecule has 0 fully saturated rings. The normalized spacial score (nSPS) is 11.8. The number of hydrogen-bond donors (Lipinski definition) is 2. The maximum absolute atomic E-state index is 11.8. The summed E-state index contributed by atoms with van der Waals surface area (Å²) in [5.41, 5.74) is 2.29. The summed E-state index contributed by atoms with van der Waals surface area (Å²) >= 11 is 0. The van der Waals surface area contributed by atoms with Crippen LogP contribution in [0, 0.1) is 0 Å². The van der Waals surface area contributed by atoms with Crippen LogP contribution in [0.2, 0.25) is 0 Å². The van der Waals surface area contributed by atoms with E-state index in [1.54, 1.807) is 0 Å². The number of hydrogen-bond acceptors (Lipinski definition) is 2. The van der Waals surface area contributed by atoms with E-state index in [9.17, 15) is 4.79 Å². The first-order valence-electron chi connectivity index (χ1n) is 6.84. The molecule has 1 atom stereocenters. The third kappa shape index (κ3) is 4.52. The van der Waals surface area contributed by atoms with Crippen LogP contribution in [0.3, 0.4) is 0 Å². The lowest BCUT2D eigenvalue weighted by molar-refractivity contribution is -0.120. The minimum Gasteiger partial charge on any atom is -0.351 e. The number of nitrogens with one attached hydrogen (secondary N) is 2. The molecule has 2 aromatic rings. The summed E-state index contributed by atoms with van der Waals surface area (Å²) in [4.78, 5) is 11.8. The van der Waals surface area contributed by atoms with Crippen LogP contribution in [0.15, 0.2) is 60.7 Å². The number of benzene rings is 2. The third-order valence-electron chi connectivity index (χ3n) is 3.20. The molecule has 2 aromatic carbocycles. The Labute approximate surface area is 120 Å². The Morgan fingerprint density at radius 2 is 1.60 bits per heavy atom. The molecular formula is C17H20N2O. The van der Waals surface area contributed by atoms with Crippen molar-refractivity contribution in [3.63, 3.8) is 0 Å². The van der Waals surface area contributed by atoms with Crippen LogP contribution < -0.4 is 10.6 Å². The molecule has 3 heteroatoms. The highest BCUT2D eigenvalue weighted by Crippen LogP contribution is 2.10. The number of amides is 1. The van der Waals surface area contributed by atoms with Gasteiger partial charge in [-0.1, -0.05) is 60.7 Å². The van der Waals surface area contributed by atoms with Crippen LogP contribution in [0.4, 0.5) is 0 Å². The van der Waals surface area contributed by atoms with E-state index in [-0.39, 0.29) is 11.9 Å². The molecule has 0 spiro atoms. The van der Waals surface area contributed by atoms with E-state index in [2.05, 4.69) is 29.7 Å². The maximum atomic E-state index is 11.8. The van der Waals surface area contributed by atoms with Crippen molar-refractivity contribution in [3.05, 3.63) is 71.8 Å². The molecule has 0 aromatic heterocycles. The lowest BCUT2D eigenvalue weighted by Crippen LogP contribution is -2.34. The summed E-state index contributed by atoms with van der Waals surface area (Å²) in [6, 6.07) is 20.2. The molecule has 0 bridgehead atoms. The molecule has 2 N–H and O–H groups in total. The van der Waals surface area contributed by atoms with Crippen molar-refractivity contribution >= 4 is 5.91 Å². The summed E-state index contributed by atoms with van der Waals surface area (Å²) in [6.45, 7) is 2.95. The molecule has 0 radical (unpaired) electrons. The maximum Gasteiger partial charge on any atom is 0.234 e. The van der Waals surface area contributed by atoms with Gasteiger partial charge in [0, 0.05) is 12.6 Å². The minimum absolute atomic E-state index is 0.0108. The molecule has 0 heterocycles. The Hall–Kier alpha value is -2.13. The summed E-state index contributed by atoms with van der Waals surface area (Å²) < 4.78 is 0. The monoisotopic (exact) mass is 268 g/mol. The van der Waals surface area contributed by atoms with Gasteiger partial charge < -0.3 is 10.6 Å². The van der Waals surface area contributed by atoms with Crippen LogP contribution in [-0.4, -0.2) is 12.5 Å². The molecule has 0 aliphatic heterocycles. The van der Waals surface area contributed by atoms with E-state index in [4.69, 9.17) is 0 Å². The fourth-order valence-electron chi connectivity index (χ4n) is 1.96. The average molecular weight is 268 g/mol. The van der Waals surface area contributed by atoms with Gasteiger partial charge >= 0.3 is 0 Å². The molecule has 2 rings (SSSR count). The van der Waals surface area contributed by atoms with Crippen LogP contribution >= 0.6 is 0 Å². The first-order chi connectivity index (χ1) is 9.75. The zero-order valence-corrected chi connectivity index (χ0v) is 11.7. The van der Waals surface area contributed by atoms with Crippen molar-refractivity contribution < 1.29 is 4.79 Å². The predicted molar refractivity (Wildman–Crippen MR) is 81.1 cm³/mol. The molecule has 20 heavy (non-hydrogen) atoms. The van der Waals surface area contributed by atoms with Crippen LogP contribution in [-0.2, 0) is 11.3 Å². The minimum atomic E-state index is 0.0108.